The first-order chi connectivity index (χ1) is 16.7. The lowest BCUT2D eigenvalue weighted by molar-refractivity contribution is 0.116. The van der Waals surface area contributed by atoms with Crippen molar-refractivity contribution < 1.29 is 9.47 Å². The standard InChI is InChI=1S/C29H39N3O2/c1-24-28(34-23-26-18-12-9-13-19-26)27(32-29(30)31-24)20-14-6-4-2-3-5-7-15-21-33-22-25-16-10-8-11-17-25/h8-13,16-19H,2-7,14-15,20-23H2,1H3,(H2,30,31,32). The molecule has 2 aromatic carbocycles. The first-order valence-corrected chi connectivity index (χ1v) is 12.6. The number of benzene rings is 2. The number of unbranched alkanes of at least 4 members (excludes halogenated alkanes) is 7. The molecule has 0 atom stereocenters. The minimum Gasteiger partial charge on any atom is -0.485 e. The number of aryl methyl sites for hydroxylation is 2. The summed E-state index contributed by atoms with van der Waals surface area (Å²) >= 11 is 0. The second-order valence-corrected chi connectivity index (χ2v) is 8.83. The SMILES string of the molecule is Cc1nc(N)nc(CCCCCCCCCCOCc2ccccc2)c1OCc1ccccc1. The monoisotopic (exact) mass is 461 g/mol. The maximum absolute atomic E-state index is 6.09. The number of ether oxygens (including phenoxy) is 2. The van der Waals surface area contributed by atoms with Crippen LogP contribution < -0.4 is 10.5 Å². The van der Waals surface area contributed by atoms with Crippen LogP contribution >= 0.6 is 0 Å². The third-order valence-corrected chi connectivity index (χ3v) is 5.91. The Morgan fingerprint density at radius 3 is 1.88 bits per heavy atom. The molecule has 5 heteroatoms. The summed E-state index contributed by atoms with van der Waals surface area (Å²) in [5.74, 6) is 1.11. The van der Waals surface area contributed by atoms with Gasteiger partial charge in [0.15, 0.2) is 5.75 Å². The summed E-state index contributed by atoms with van der Waals surface area (Å²) in [6.07, 6.45) is 10.7. The minimum atomic E-state index is 0.326. The van der Waals surface area contributed by atoms with Gasteiger partial charge in [-0.05, 0) is 37.3 Å². The first-order valence-electron chi connectivity index (χ1n) is 12.6. The van der Waals surface area contributed by atoms with Gasteiger partial charge in [-0.2, -0.15) is 0 Å². The van der Waals surface area contributed by atoms with E-state index in [2.05, 4.69) is 46.4 Å². The van der Waals surface area contributed by atoms with Gasteiger partial charge in [-0.25, -0.2) is 9.97 Å². The molecule has 34 heavy (non-hydrogen) atoms. The molecule has 1 aromatic heterocycles. The molecule has 0 fully saturated rings. The van der Waals surface area contributed by atoms with E-state index in [-0.39, 0.29) is 0 Å². The van der Waals surface area contributed by atoms with Gasteiger partial charge in [0, 0.05) is 6.61 Å². The normalized spacial score (nSPS) is 11.0. The van der Waals surface area contributed by atoms with Gasteiger partial charge in [-0.3, -0.25) is 0 Å². The molecule has 3 rings (SSSR count). The van der Waals surface area contributed by atoms with Gasteiger partial charge in [0.1, 0.15) is 6.61 Å². The van der Waals surface area contributed by atoms with Crippen LogP contribution in [0.3, 0.4) is 0 Å². The van der Waals surface area contributed by atoms with E-state index >= 15 is 0 Å². The van der Waals surface area contributed by atoms with Gasteiger partial charge >= 0.3 is 0 Å². The van der Waals surface area contributed by atoms with Crippen molar-refractivity contribution in [1.82, 2.24) is 9.97 Å². The van der Waals surface area contributed by atoms with Crippen molar-refractivity contribution in [3.8, 4) is 5.75 Å². The Labute approximate surface area is 204 Å². The van der Waals surface area contributed by atoms with Crippen molar-refractivity contribution in [1.29, 1.82) is 0 Å². The number of nitrogen functional groups attached to an aromatic ring is 1. The zero-order valence-electron chi connectivity index (χ0n) is 20.5. The van der Waals surface area contributed by atoms with Crippen LogP contribution in [0.15, 0.2) is 60.7 Å². The van der Waals surface area contributed by atoms with Crippen LogP contribution in [0.4, 0.5) is 5.95 Å². The zero-order valence-corrected chi connectivity index (χ0v) is 20.5. The topological polar surface area (TPSA) is 70.3 Å². The molecule has 0 aliphatic carbocycles. The fourth-order valence-electron chi connectivity index (χ4n) is 4.05. The molecule has 182 valence electrons. The van der Waals surface area contributed by atoms with E-state index in [0.29, 0.717) is 12.6 Å². The molecule has 0 radical (unpaired) electrons. The highest BCUT2D eigenvalue weighted by atomic mass is 16.5. The summed E-state index contributed by atoms with van der Waals surface area (Å²) in [5.41, 5.74) is 10.0. The summed E-state index contributed by atoms with van der Waals surface area (Å²) in [5, 5.41) is 0. The number of hydrogen-bond acceptors (Lipinski definition) is 5. The smallest absolute Gasteiger partial charge is 0.220 e. The Kier molecular flexibility index (Phi) is 11.4. The predicted molar refractivity (Wildman–Crippen MR) is 139 cm³/mol. The molecular weight excluding hydrogens is 422 g/mol. The van der Waals surface area contributed by atoms with E-state index < -0.39 is 0 Å². The van der Waals surface area contributed by atoms with Crippen LogP contribution in [-0.2, 0) is 24.4 Å². The predicted octanol–water partition coefficient (Wildman–Crippen LogP) is 6.83. The summed E-state index contributed by atoms with van der Waals surface area (Å²) < 4.78 is 11.9. The molecule has 0 aliphatic rings. The fourth-order valence-corrected chi connectivity index (χ4v) is 4.05. The molecule has 2 N–H and O–H groups in total. The van der Waals surface area contributed by atoms with Crippen molar-refractivity contribution in [3.05, 3.63) is 83.2 Å². The molecule has 0 saturated heterocycles. The second kappa shape index (κ2) is 15.1. The minimum absolute atomic E-state index is 0.326. The average Bonchev–Trinajstić information content (AvgIpc) is 2.85. The van der Waals surface area contributed by atoms with E-state index in [1.807, 2.05) is 31.2 Å². The molecule has 1 heterocycles. The van der Waals surface area contributed by atoms with Gasteiger partial charge in [0.2, 0.25) is 5.95 Å². The Morgan fingerprint density at radius 2 is 1.24 bits per heavy atom. The molecule has 0 spiro atoms. The number of anilines is 1. The number of nitrogens with zero attached hydrogens (tertiary/aromatic N) is 2. The highest BCUT2D eigenvalue weighted by molar-refractivity contribution is 5.37. The molecule has 0 bridgehead atoms. The largest absolute Gasteiger partial charge is 0.485 e. The Hall–Kier alpha value is -2.92. The van der Waals surface area contributed by atoms with Gasteiger partial charge in [0.25, 0.3) is 0 Å². The summed E-state index contributed by atoms with van der Waals surface area (Å²) in [6.45, 7) is 4.02. The van der Waals surface area contributed by atoms with Crippen LogP contribution in [0.5, 0.6) is 5.75 Å². The molecule has 5 nitrogen and oxygen atoms in total. The Balaban J connectivity index is 1.25. The summed E-state index contributed by atoms with van der Waals surface area (Å²) in [6, 6.07) is 20.5. The second-order valence-electron chi connectivity index (χ2n) is 8.83. The lowest BCUT2D eigenvalue weighted by atomic mass is 10.1. The molecular formula is C29H39N3O2. The summed E-state index contributed by atoms with van der Waals surface area (Å²) in [7, 11) is 0. The lowest BCUT2D eigenvalue weighted by Gasteiger charge is -2.13. The van der Waals surface area contributed by atoms with E-state index in [1.165, 1.54) is 44.1 Å². The maximum Gasteiger partial charge on any atom is 0.220 e. The quantitative estimate of drug-likeness (QED) is 0.237. The van der Waals surface area contributed by atoms with E-state index in [4.69, 9.17) is 15.2 Å². The molecule has 0 saturated carbocycles. The van der Waals surface area contributed by atoms with Gasteiger partial charge in [0.05, 0.1) is 18.0 Å². The third kappa shape index (κ3) is 9.52. The Morgan fingerprint density at radius 1 is 0.676 bits per heavy atom. The maximum atomic E-state index is 6.09. The number of rotatable bonds is 16. The van der Waals surface area contributed by atoms with Crippen molar-refractivity contribution in [3.63, 3.8) is 0 Å². The zero-order chi connectivity index (χ0) is 23.8. The van der Waals surface area contributed by atoms with Crippen molar-refractivity contribution in [2.75, 3.05) is 12.3 Å². The van der Waals surface area contributed by atoms with Gasteiger partial charge < -0.3 is 15.2 Å². The number of nitrogens with two attached hydrogens (primary N) is 1. The lowest BCUT2D eigenvalue weighted by Crippen LogP contribution is -2.07. The van der Waals surface area contributed by atoms with Crippen LogP contribution in [0, 0.1) is 6.92 Å². The van der Waals surface area contributed by atoms with Crippen LogP contribution in [0.25, 0.3) is 0 Å². The van der Waals surface area contributed by atoms with E-state index in [0.717, 1.165) is 55.2 Å². The van der Waals surface area contributed by atoms with Crippen molar-refractivity contribution >= 4 is 5.95 Å². The highest BCUT2D eigenvalue weighted by Crippen LogP contribution is 2.25. The van der Waals surface area contributed by atoms with E-state index in [1.54, 1.807) is 0 Å². The number of hydrogen-bond donors (Lipinski definition) is 1. The van der Waals surface area contributed by atoms with Crippen molar-refractivity contribution in [2.45, 2.75) is 77.9 Å². The van der Waals surface area contributed by atoms with Crippen molar-refractivity contribution in [2.24, 2.45) is 0 Å². The van der Waals surface area contributed by atoms with Crippen LogP contribution in [-0.4, -0.2) is 16.6 Å². The number of aromatic nitrogens is 2. The molecule has 0 aliphatic heterocycles. The highest BCUT2D eigenvalue weighted by Gasteiger charge is 2.12. The first kappa shape index (κ1) is 25.7. The average molecular weight is 462 g/mol. The molecule has 0 unspecified atom stereocenters. The third-order valence-electron chi connectivity index (χ3n) is 5.91. The van der Waals surface area contributed by atoms with Crippen LogP contribution in [0.2, 0.25) is 0 Å². The van der Waals surface area contributed by atoms with Crippen LogP contribution in [0.1, 0.15) is 73.9 Å². The van der Waals surface area contributed by atoms with E-state index in [9.17, 15) is 0 Å². The van der Waals surface area contributed by atoms with Gasteiger partial charge in [-0.15, -0.1) is 0 Å². The molecule has 3 aromatic rings. The molecule has 0 amide bonds. The Bertz CT molecular complexity index is 948. The fraction of sp³-hybridized carbons (Fsp3) is 0.448. The van der Waals surface area contributed by atoms with Gasteiger partial charge in [-0.1, -0.05) is 99.2 Å². The summed E-state index contributed by atoms with van der Waals surface area (Å²) in [4.78, 5) is 8.78.